The number of thiocarbonyl (C=S) groups is 1. The zero-order valence-corrected chi connectivity index (χ0v) is 17.9. The Morgan fingerprint density at radius 3 is 2.64 bits per heavy atom. The predicted octanol–water partition coefficient (Wildman–Crippen LogP) is 4.85. The normalized spacial score (nSPS) is 12.1. The average Bonchev–Trinajstić information content (AvgIpc) is 3.23. The molecule has 0 radical (unpaired) electrons. The van der Waals surface area contributed by atoms with Crippen molar-refractivity contribution in [1.82, 2.24) is 9.78 Å². The molecule has 0 bridgehead atoms. The monoisotopic (exact) mass is 458 g/mol. The zero-order valence-electron chi connectivity index (χ0n) is 15.5. The molecule has 0 fully saturated rings. The maximum absolute atomic E-state index is 5.48. The highest BCUT2D eigenvalue weighted by atomic mass is 79.9. The Morgan fingerprint density at radius 1 is 1.11 bits per heavy atom. The van der Waals surface area contributed by atoms with Gasteiger partial charge in [-0.1, -0.05) is 28.1 Å². The van der Waals surface area contributed by atoms with E-state index >= 15 is 0 Å². The molecule has 4 rings (SSSR count). The summed E-state index contributed by atoms with van der Waals surface area (Å²) in [4.78, 5) is 0. The maximum Gasteiger partial charge on any atom is 0.231 e. The van der Waals surface area contributed by atoms with E-state index in [1.54, 1.807) is 0 Å². The van der Waals surface area contributed by atoms with Crippen molar-refractivity contribution in [3.8, 4) is 11.5 Å². The van der Waals surface area contributed by atoms with Crippen molar-refractivity contribution in [2.24, 2.45) is 0 Å². The second-order valence-corrected chi connectivity index (χ2v) is 7.80. The number of hydrogen-bond acceptors (Lipinski definition) is 4. The van der Waals surface area contributed by atoms with Gasteiger partial charge in [0, 0.05) is 16.2 Å². The van der Waals surface area contributed by atoms with Crippen molar-refractivity contribution < 1.29 is 9.47 Å². The van der Waals surface area contributed by atoms with Gasteiger partial charge in [0.15, 0.2) is 16.6 Å². The Kier molecular flexibility index (Phi) is 5.23. The molecule has 1 aliphatic heterocycles. The number of anilines is 2. The predicted molar refractivity (Wildman–Crippen MR) is 117 cm³/mol. The van der Waals surface area contributed by atoms with Gasteiger partial charge in [-0.2, -0.15) is 5.10 Å². The molecule has 0 saturated carbocycles. The highest BCUT2D eigenvalue weighted by molar-refractivity contribution is 9.10. The first kappa shape index (κ1) is 18.8. The summed E-state index contributed by atoms with van der Waals surface area (Å²) in [7, 11) is 0. The molecule has 0 unspecified atom stereocenters. The minimum Gasteiger partial charge on any atom is -0.454 e. The summed E-state index contributed by atoms with van der Waals surface area (Å²) in [6.07, 6.45) is 0. The Labute approximate surface area is 177 Å². The third kappa shape index (κ3) is 3.98. The Hall–Kier alpha value is -2.58. The lowest BCUT2D eigenvalue weighted by Crippen LogP contribution is -2.20. The van der Waals surface area contributed by atoms with Crippen LogP contribution in [0.5, 0.6) is 11.5 Å². The van der Waals surface area contributed by atoms with E-state index in [1.165, 1.54) is 5.56 Å². The van der Waals surface area contributed by atoms with Gasteiger partial charge in [-0.05, 0) is 55.9 Å². The van der Waals surface area contributed by atoms with Crippen LogP contribution in [0.15, 0.2) is 46.9 Å². The van der Waals surface area contributed by atoms with E-state index in [4.69, 9.17) is 21.7 Å². The van der Waals surface area contributed by atoms with Gasteiger partial charge in [0.2, 0.25) is 6.79 Å². The van der Waals surface area contributed by atoms with Crippen LogP contribution in [0.3, 0.4) is 0 Å². The van der Waals surface area contributed by atoms with Crippen LogP contribution in [0.2, 0.25) is 0 Å². The number of nitrogens with one attached hydrogen (secondary N) is 2. The molecule has 3 aromatic rings. The lowest BCUT2D eigenvalue weighted by molar-refractivity contribution is 0.174. The number of aryl methyl sites for hydroxylation is 1. The van der Waals surface area contributed by atoms with Crippen LogP contribution in [0.4, 0.5) is 11.4 Å². The van der Waals surface area contributed by atoms with E-state index in [1.807, 2.05) is 48.9 Å². The van der Waals surface area contributed by atoms with E-state index in [9.17, 15) is 0 Å². The largest absolute Gasteiger partial charge is 0.454 e. The summed E-state index contributed by atoms with van der Waals surface area (Å²) in [5.74, 6) is 1.45. The topological polar surface area (TPSA) is 60.3 Å². The second kappa shape index (κ2) is 7.81. The van der Waals surface area contributed by atoms with Gasteiger partial charge in [0.05, 0.1) is 23.6 Å². The molecule has 2 aromatic carbocycles. The maximum atomic E-state index is 5.48. The quantitative estimate of drug-likeness (QED) is 0.545. The molecule has 0 saturated heterocycles. The van der Waals surface area contributed by atoms with Crippen LogP contribution in [0, 0.1) is 13.8 Å². The van der Waals surface area contributed by atoms with Crippen LogP contribution in [0.1, 0.15) is 17.0 Å². The summed E-state index contributed by atoms with van der Waals surface area (Å²) in [5.41, 5.74) is 4.84. The molecule has 0 aliphatic carbocycles. The first-order chi connectivity index (χ1) is 13.5. The number of aromatic nitrogens is 2. The van der Waals surface area contributed by atoms with Crippen molar-refractivity contribution in [3.63, 3.8) is 0 Å². The summed E-state index contributed by atoms with van der Waals surface area (Å²) < 4.78 is 13.8. The number of rotatable bonds is 4. The molecule has 144 valence electrons. The number of hydrogen-bond donors (Lipinski definition) is 2. The number of ether oxygens (including phenoxy) is 2. The lowest BCUT2D eigenvalue weighted by Gasteiger charge is -2.12. The van der Waals surface area contributed by atoms with E-state index in [-0.39, 0.29) is 6.79 Å². The molecular weight excluding hydrogens is 440 g/mol. The molecule has 6 nitrogen and oxygen atoms in total. The van der Waals surface area contributed by atoms with Crippen LogP contribution in [0.25, 0.3) is 0 Å². The molecule has 28 heavy (non-hydrogen) atoms. The highest BCUT2D eigenvalue weighted by Gasteiger charge is 2.15. The first-order valence-corrected chi connectivity index (χ1v) is 9.96. The van der Waals surface area contributed by atoms with Gasteiger partial charge >= 0.3 is 0 Å². The molecule has 0 atom stereocenters. The molecule has 2 heterocycles. The SMILES string of the molecule is Cc1nn(Cc2ccc(Br)cc2)c(C)c1NC(=S)Nc1ccc2c(c1)OCO2. The first-order valence-electron chi connectivity index (χ1n) is 8.76. The summed E-state index contributed by atoms with van der Waals surface area (Å²) in [6.45, 7) is 4.95. The van der Waals surface area contributed by atoms with Crippen molar-refractivity contribution in [1.29, 1.82) is 0 Å². The van der Waals surface area contributed by atoms with Gasteiger partial charge in [-0.25, -0.2) is 0 Å². The second-order valence-electron chi connectivity index (χ2n) is 6.48. The van der Waals surface area contributed by atoms with Crippen molar-refractivity contribution in [2.45, 2.75) is 20.4 Å². The molecular formula is C20H19BrN4O2S. The van der Waals surface area contributed by atoms with Crippen molar-refractivity contribution in [2.75, 3.05) is 17.4 Å². The minimum absolute atomic E-state index is 0.247. The summed E-state index contributed by atoms with van der Waals surface area (Å²) in [6, 6.07) is 13.9. The van der Waals surface area contributed by atoms with E-state index in [0.29, 0.717) is 17.4 Å². The van der Waals surface area contributed by atoms with Crippen LogP contribution in [-0.4, -0.2) is 21.7 Å². The molecule has 8 heteroatoms. The lowest BCUT2D eigenvalue weighted by atomic mass is 10.2. The third-order valence-corrected chi connectivity index (χ3v) is 5.23. The van der Waals surface area contributed by atoms with Gasteiger partial charge in [0.1, 0.15) is 0 Å². The van der Waals surface area contributed by atoms with Crippen LogP contribution >= 0.6 is 28.1 Å². The van der Waals surface area contributed by atoms with E-state index in [2.05, 4.69) is 43.8 Å². The molecule has 1 aliphatic rings. The minimum atomic E-state index is 0.247. The average molecular weight is 459 g/mol. The van der Waals surface area contributed by atoms with Crippen LogP contribution in [-0.2, 0) is 6.54 Å². The number of fused-ring (bicyclic) bond motifs is 1. The molecule has 0 amide bonds. The number of nitrogens with zero attached hydrogens (tertiary/aromatic N) is 2. The summed E-state index contributed by atoms with van der Waals surface area (Å²) in [5, 5.41) is 11.6. The number of benzene rings is 2. The fourth-order valence-corrected chi connectivity index (χ4v) is 3.53. The fraction of sp³-hybridized carbons (Fsp3) is 0.200. The fourth-order valence-electron chi connectivity index (χ4n) is 3.04. The highest BCUT2D eigenvalue weighted by Crippen LogP contribution is 2.34. The van der Waals surface area contributed by atoms with Crippen LogP contribution < -0.4 is 20.1 Å². The van der Waals surface area contributed by atoms with Gasteiger partial charge in [-0.15, -0.1) is 0 Å². The zero-order chi connectivity index (χ0) is 19.7. The number of halogens is 1. The van der Waals surface area contributed by atoms with Crippen molar-refractivity contribution in [3.05, 3.63) is 63.9 Å². The van der Waals surface area contributed by atoms with E-state index < -0.39 is 0 Å². The Morgan fingerprint density at radius 2 is 1.86 bits per heavy atom. The van der Waals surface area contributed by atoms with Gasteiger partial charge in [0.25, 0.3) is 0 Å². The standard InChI is InChI=1S/C20H19BrN4O2S/c1-12-19(13(2)25(24-12)10-14-3-5-15(21)6-4-14)23-20(28)22-16-7-8-17-18(9-16)27-11-26-17/h3-9H,10-11H2,1-2H3,(H2,22,23,28). The summed E-state index contributed by atoms with van der Waals surface area (Å²) >= 11 is 8.95. The molecule has 1 aromatic heterocycles. The Balaban J connectivity index is 1.46. The molecule has 0 spiro atoms. The molecule has 2 N–H and O–H groups in total. The van der Waals surface area contributed by atoms with Gasteiger partial charge in [-0.3, -0.25) is 4.68 Å². The van der Waals surface area contributed by atoms with Gasteiger partial charge < -0.3 is 20.1 Å². The van der Waals surface area contributed by atoms with Crippen molar-refractivity contribution >= 4 is 44.6 Å². The van der Waals surface area contributed by atoms with E-state index in [0.717, 1.165) is 33.0 Å². The third-order valence-electron chi connectivity index (χ3n) is 4.50. The smallest absolute Gasteiger partial charge is 0.231 e. The Bertz CT molecular complexity index is 1030.